The highest BCUT2D eigenvalue weighted by molar-refractivity contribution is 6.18. The second-order valence-electron chi connectivity index (χ2n) is 7.36. The second kappa shape index (κ2) is 16.5. The lowest BCUT2D eigenvalue weighted by Gasteiger charge is -2.31. The van der Waals surface area contributed by atoms with Crippen LogP contribution in [-0.2, 0) is 22.6 Å². The molecule has 2 saturated heterocycles. The Balaban J connectivity index is 0.000000186. The molecule has 2 heterocycles. The molecule has 0 bridgehead atoms. The number of nitrogens with zero attached hydrogens (tertiary/aromatic N) is 1. The van der Waals surface area contributed by atoms with Crippen molar-refractivity contribution < 1.29 is 14.6 Å². The minimum Gasteiger partial charge on any atom is -0.395 e. The van der Waals surface area contributed by atoms with Gasteiger partial charge in [-0.3, -0.25) is 4.90 Å². The molecule has 31 heavy (non-hydrogen) atoms. The number of rotatable bonds is 8. The Kier molecular flexibility index (Phi) is 13.8. The van der Waals surface area contributed by atoms with E-state index in [4.69, 9.17) is 37.8 Å². The number of ether oxygens (including phenoxy) is 2. The number of alkyl halides is 2. The molecule has 2 N–H and O–H groups in total. The van der Waals surface area contributed by atoms with Gasteiger partial charge in [-0.2, -0.15) is 0 Å². The second-order valence-corrected chi connectivity index (χ2v) is 7.98. The molecule has 2 aliphatic heterocycles. The Hall–Kier alpha value is -1.18. The largest absolute Gasteiger partial charge is 0.395 e. The van der Waals surface area contributed by atoms with E-state index in [1.807, 2.05) is 24.3 Å². The number of epoxide rings is 1. The molecule has 2 aliphatic rings. The lowest BCUT2D eigenvalue weighted by Crippen LogP contribution is -2.42. The van der Waals surface area contributed by atoms with Crippen LogP contribution in [0, 0.1) is 0 Å². The van der Waals surface area contributed by atoms with Crippen LogP contribution in [0.25, 0.3) is 0 Å². The zero-order valence-electron chi connectivity index (χ0n) is 18.0. The Bertz CT molecular complexity index is 675. The fourth-order valence-electron chi connectivity index (χ4n) is 2.92. The number of aliphatic hydroxyl groups excluding tert-OH is 1. The molecule has 172 valence electrons. The van der Waals surface area contributed by atoms with Crippen molar-refractivity contribution >= 4 is 23.2 Å². The van der Waals surface area contributed by atoms with Gasteiger partial charge in [0.1, 0.15) is 0 Å². The van der Waals surface area contributed by atoms with Crippen LogP contribution in [0.3, 0.4) is 0 Å². The standard InChI is InChI=1S/C12H16ClNO.C9H13NO.C3H5ClO/c13-8-12-10-14(6-7-15-12)9-11-4-2-1-3-5-11;11-7-6-10-8-9-4-2-1-3-5-9;4-1-3-2-5-3/h1-5,12H,6-10H2;1-5,10-11H,6-8H2;3H,1-2H2. The molecule has 7 heteroatoms. The molecular weight excluding hydrogens is 435 g/mol. The Morgan fingerprint density at radius 3 is 2.03 bits per heavy atom. The topological polar surface area (TPSA) is 57.3 Å². The van der Waals surface area contributed by atoms with Gasteiger partial charge in [0.2, 0.25) is 0 Å². The molecule has 2 fully saturated rings. The third-order valence-electron chi connectivity index (χ3n) is 4.68. The van der Waals surface area contributed by atoms with E-state index in [2.05, 4.69) is 46.6 Å². The molecule has 0 saturated carbocycles. The Morgan fingerprint density at radius 1 is 0.903 bits per heavy atom. The van der Waals surface area contributed by atoms with E-state index in [0.717, 1.165) is 39.4 Å². The summed E-state index contributed by atoms with van der Waals surface area (Å²) in [4.78, 5) is 2.39. The first-order valence-corrected chi connectivity index (χ1v) is 11.8. The van der Waals surface area contributed by atoms with Crippen molar-refractivity contribution in [2.45, 2.75) is 25.3 Å². The summed E-state index contributed by atoms with van der Waals surface area (Å²) >= 11 is 11.1. The van der Waals surface area contributed by atoms with Gasteiger partial charge in [-0.15, -0.1) is 23.2 Å². The van der Waals surface area contributed by atoms with Crippen LogP contribution in [-0.4, -0.2) is 73.4 Å². The van der Waals surface area contributed by atoms with E-state index >= 15 is 0 Å². The summed E-state index contributed by atoms with van der Waals surface area (Å²) in [5, 5.41) is 11.6. The molecule has 0 aliphatic carbocycles. The van der Waals surface area contributed by atoms with Crippen LogP contribution in [0.2, 0.25) is 0 Å². The van der Waals surface area contributed by atoms with Crippen LogP contribution >= 0.6 is 23.2 Å². The number of hydrogen-bond donors (Lipinski definition) is 2. The van der Waals surface area contributed by atoms with Gasteiger partial charge in [-0.05, 0) is 11.1 Å². The molecule has 2 aromatic carbocycles. The highest BCUT2D eigenvalue weighted by atomic mass is 35.5. The number of morpholine rings is 1. The lowest BCUT2D eigenvalue weighted by atomic mass is 10.2. The number of aliphatic hydroxyl groups is 1. The third-order valence-corrected chi connectivity index (χ3v) is 5.37. The normalized spacial score (nSPS) is 20.1. The summed E-state index contributed by atoms with van der Waals surface area (Å²) in [6.45, 7) is 6.31. The quantitative estimate of drug-likeness (QED) is 0.352. The smallest absolute Gasteiger partial charge is 0.0944 e. The number of halogens is 2. The van der Waals surface area contributed by atoms with Gasteiger partial charge in [0.15, 0.2) is 0 Å². The molecule has 5 nitrogen and oxygen atoms in total. The fourth-order valence-corrected chi connectivity index (χ4v) is 3.29. The van der Waals surface area contributed by atoms with Gasteiger partial charge in [0.05, 0.1) is 37.9 Å². The molecular formula is C24H34Cl2N2O3. The summed E-state index contributed by atoms with van der Waals surface area (Å²) in [6, 6.07) is 20.7. The predicted octanol–water partition coefficient (Wildman–Crippen LogP) is 3.52. The first kappa shape index (κ1) is 26.1. The predicted molar refractivity (Wildman–Crippen MR) is 128 cm³/mol. The Labute approximate surface area is 196 Å². The minimum absolute atomic E-state index is 0.198. The molecule has 2 aromatic rings. The molecule has 0 radical (unpaired) electrons. The highest BCUT2D eigenvalue weighted by Crippen LogP contribution is 2.11. The average molecular weight is 469 g/mol. The maximum atomic E-state index is 8.48. The maximum Gasteiger partial charge on any atom is 0.0944 e. The summed E-state index contributed by atoms with van der Waals surface area (Å²) in [5.41, 5.74) is 2.61. The zero-order chi connectivity index (χ0) is 22.2. The van der Waals surface area contributed by atoms with Crippen molar-refractivity contribution in [3.63, 3.8) is 0 Å². The summed E-state index contributed by atoms with van der Waals surface area (Å²) in [7, 11) is 0. The van der Waals surface area contributed by atoms with Crippen LogP contribution in [0.1, 0.15) is 11.1 Å². The average Bonchev–Trinajstić information content (AvgIpc) is 3.67. The highest BCUT2D eigenvalue weighted by Gasteiger charge is 2.20. The first-order valence-electron chi connectivity index (χ1n) is 10.7. The fraction of sp³-hybridized carbons (Fsp3) is 0.500. The van der Waals surface area contributed by atoms with Crippen molar-refractivity contribution in [2.24, 2.45) is 0 Å². The Morgan fingerprint density at radius 2 is 1.52 bits per heavy atom. The number of nitrogens with one attached hydrogen (secondary N) is 1. The van der Waals surface area contributed by atoms with Gasteiger partial charge in [0, 0.05) is 38.6 Å². The molecule has 2 atom stereocenters. The van der Waals surface area contributed by atoms with E-state index in [-0.39, 0.29) is 12.7 Å². The maximum absolute atomic E-state index is 8.48. The van der Waals surface area contributed by atoms with E-state index in [9.17, 15) is 0 Å². The molecule has 4 rings (SSSR count). The van der Waals surface area contributed by atoms with Gasteiger partial charge >= 0.3 is 0 Å². The summed E-state index contributed by atoms with van der Waals surface area (Å²) < 4.78 is 10.2. The van der Waals surface area contributed by atoms with Crippen LogP contribution in [0.5, 0.6) is 0 Å². The first-order chi connectivity index (χ1) is 15.2. The van der Waals surface area contributed by atoms with E-state index in [1.54, 1.807) is 0 Å². The van der Waals surface area contributed by atoms with Gasteiger partial charge in [0.25, 0.3) is 0 Å². The van der Waals surface area contributed by atoms with Crippen LogP contribution < -0.4 is 5.32 Å². The van der Waals surface area contributed by atoms with Crippen LogP contribution in [0.15, 0.2) is 60.7 Å². The molecule has 0 amide bonds. The van der Waals surface area contributed by atoms with Gasteiger partial charge in [-0.25, -0.2) is 0 Å². The number of hydrogen-bond acceptors (Lipinski definition) is 5. The lowest BCUT2D eigenvalue weighted by molar-refractivity contribution is -0.0194. The van der Waals surface area contributed by atoms with E-state index in [1.165, 1.54) is 11.1 Å². The van der Waals surface area contributed by atoms with Crippen molar-refractivity contribution in [1.29, 1.82) is 0 Å². The van der Waals surface area contributed by atoms with Crippen LogP contribution in [0.4, 0.5) is 0 Å². The third kappa shape index (κ3) is 12.4. The van der Waals surface area contributed by atoms with E-state index < -0.39 is 0 Å². The van der Waals surface area contributed by atoms with Crippen molar-refractivity contribution in [3.05, 3.63) is 71.8 Å². The van der Waals surface area contributed by atoms with Crippen molar-refractivity contribution in [3.8, 4) is 0 Å². The van der Waals surface area contributed by atoms with Gasteiger partial charge < -0.3 is 19.9 Å². The van der Waals surface area contributed by atoms with Crippen molar-refractivity contribution in [1.82, 2.24) is 10.2 Å². The molecule has 0 aromatic heterocycles. The van der Waals surface area contributed by atoms with Crippen molar-refractivity contribution in [2.75, 3.05) is 51.2 Å². The van der Waals surface area contributed by atoms with Gasteiger partial charge in [-0.1, -0.05) is 60.7 Å². The van der Waals surface area contributed by atoms with E-state index in [0.29, 0.717) is 24.4 Å². The molecule has 0 spiro atoms. The minimum atomic E-state index is 0.198. The zero-order valence-corrected chi connectivity index (χ0v) is 19.5. The summed E-state index contributed by atoms with van der Waals surface area (Å²) in [6.07, 6.45) is 0.598. The SMILES string of the molecule is ClCC1CN(Cc2ccccc2)CCO1.ClCC1CO1.OCCNCc1ccccc1. The monoisotopic (exact) mass is 468 g/mol. The number of benzene rings is 2. The molecule has 2 unspecified atom stereocenters. The summed E-state index contributed by atoms with van der Waals surface area (Å²) in [5.74, 6) is 1.26.